The third-order valence-electron chi connectivity index (χ3n) is 4.12. The fourth-order valence-corrected chi connectivity index (χ4v) is 2.67. The van der Waals surface area contributed by atoms with E-state index in [4.69, 9.17) is 25.1 Å². The molecule has 9 atom stereocenters. The quantitative estimate of drug-likeness (QED) is 0.238. The van der Waals surface area contributed by atoms with Gasteiger partial charge >= 0.3 is 0 Å². The zero-order valence-corrected chi connectivity index (χ0v) is 12.2. The van der Waals surface area contributed by atoms with Crippen molar-refractivity contribution in [1.82, 2.24) is 0 Å². The maximum absolute atomic E-state index is 10.1. The summed E-state index contributed by atoms with van der Waals surface area (Å²) in [5.41, 5.74) is 5.39. The summed E-state index contributed by atoms with van der Waals surface area (Å²) in [5.74, 6) is -2.14. The Morgan fingerprint density at radius 2 is 1.57 bits per heavy atom. The van der Waals surface area contributed by atoms with Crippen LogP contribution in [0.15, 0.2) is 0 Å². The first-order valence-corrected chi connectivity index (χ1v) is 7.14. The van der Waals surface area contributed by atoms with Gasteiger partial charge in [-0.05, 0) is 0 Å². The molecule has 2 fully saturated rings. The number of ether oxygens (including phenoxy) is 3. The van der Waals surface area contributed by atoms with Gasteiger partial charge in [0.25, 0.3) is 0 Å². The largest absolute Gasteiger partial charge is 0.394 e. The maximum Gasteiger partial charge on any atom is 0.224 e. The summed E-state index contributed by atoms with van der Waals surface area (Å²) < 4.78 is 15.7. The van der Waals surface area contributed by atoms with Gasteiger partial charge in [-0.25, -0.2) is 0 Å². The van der Waals surface area contributed by atoms with Gasteiger partial charge in [0.05, 0.1) is 6.61 Å². The van der Waals surface area contributed by atoms with Crippen LogP contribution in [0, 0.1) is 0 Å². The highest BCUT2D eigenvalue weighted by molar-refractivity contribution is 4.98. The molecule has 0 radical (unpaired) electrons. The number of hydrogen-bond acceptors (Lipinski definition) is 11. The summed E-state index contributed by atoms with van der Waals surface area (Å²) in [6.07, 6.45) is -12.1. The smallest absolute Gasteiger partial charge is 0.224 e. The minimum Gasteiger partial charge on any atom is -0.394 e. The average molecular weight is 341 g/mol. The van der Waals surface area contributed by atoms with Crippen molar-refractivity contribution >= 4 is 0 Å². The molecular formula is C12H23NO10. The van der Waals surface area contributed by atoms with Crippen molar-refractivity contribution in [2.24, 2.45) is 5.73 Å². The Kier molecular flexibility index (Phi) is 5.92. The molecule has 0 unspecified atom stereocenters. The van der Waals surface area contributed by atoms with Gasteiger partial charge in [-0.2, -0.15) is 0 Å². The maximum atomic E-state index is 10.1. The monoisotopic (exact) mass is 341 g/mol. The molecular weight excluding hydrogens is 318 g/mol. The highest BCUT2D eigenvalue weighted by Gasteiger charge is 2.58. The molecule has 2 saturated heterocycles. The second-order valence-electron chi connectivity index (χ2n) is 5.61. The normalized spacial score (nSPS) is 51.1. The highest BCUT2D eigenvalue weighted by atomic mass is 16.8. The van der Waals surface area contributed by atoms with Gasteiger partial charge in [0, 0.05) is 6.54 Å². The lowest BCUT2D eigenvalue weighted by atomic mass is 9.99. The summed E-state index contributed by atoms with van der Waals surface area (Å²) in [6.45, 7) is -1.75. The first-order valence-electron chi connectivity index (χ1n) is 7.14. The third kappa shape index (κ3) is 3.23. The lowest BCUT2D eigenvalue weighted by Crippen LogP contribution is -2.62. The lowest BCUT2D eigenvalue weighted by Gasteiger charge is -2.43. The molecule has 0 bridgehead atoms. The predicted molar refractivity (Wildman–Crippen MR) is 70.6 cm³/mol. The Morgan fingerprint density at radius 1 is 0.913 bits per heavy atom. The van der Waals surface area contributed by atoms with Crippen LogP contribution in [-0.2, 0) is 14.2 Å². The molecule has 2 aliphatic heterocycles. The second-order valence-corrected chi connectivity index (χ2v) is 5.61. The molecule has 2 heterocycles. The van der Waals surface area contributed by atoms with Crippen LogP contribution in [0.1, 0.15) is 0 Å². The molecule has 2 aliphatic rings. The van der Waals surface area contributed by atoms with Gasteiger partial charge < -0.3 is 55.7 Å². The Labute approximate surface area is 131 Å². The number of nitrogens with two attached hydrogens (primary N) is 1. The highest BCUT2D eigenvalue weighted by Crippen LogP contribution is 2.35. The number of rotatable bonds is 5. The van der Waals surface area contributed by atoms with Crippen LogP contribution >= 0.6 is 0 Å². The molecule has 11 heteroatoms. The van der Waals surface area contributed by atoms with E-state index >= 15 is 0 Å². The van der Waals surface area contributed by atoms with Gasteiger partial charge in [0.15, 0.2) is 6.29 Å². The molecule has 0 aromatic rings. The van der Waals surface area contributed by atoms with Crippen LogP contribution in [-0.4, -0.2) is 110 Å². The van der Waals surface area contributed by atoms with E-state index in [0.717, 1.165) is 0 Å². The van der Waals surface area contributed by atoms with Crippen LogP contribution in [0.4, 0.5) is 0 Å². The minimum absolute atomic E-state index is 0.169. The first kappa shape index (κ1) is 18.9. The van der Waals surface area contributed by atoms with Gasteiger partial charge in [-0.3, -0.25) is 0 Å². The van der Waals surface area contributed by atoms with E-state index in [2.05, 4.69) is 0 Å². The van der Waals surface area contributed by atoms with E-state index in [0.29, 0.717) is 0 Å². The van der Waals surface area contributed by atoms with Crippen LogP contribution in [0.2, 0.25) is 0 Å². The summed E-state index contributed by atoms with van der Waals surface area (Å²) in [4.78, 5) is 0. The Bertz CT molecular complexity index is 398. The zero-order valence-electron chi connectivity index (χ0n) is 12.2. The van der Waals surface area contributed by atoms with Crippen molar-refractivity contribution in [3.05, 3.63) is 0 Å². The van der Waals surface area contributed by atoms with Crippen molar-refractivity contribution in [2.45, 2.75) is 54.8 Å². The average Bonchev–Trinajstić information content (AvgIpc) is 2.80. The molecule has 2 rings (SSSR count). The van der Waals surface area contributed by atoms with Crippen LogP contribution in [0.5, 0.6) is 0 Å². The topological polar surface area (TPSA) is 195 Å². The number of aliphatic hydroxyl groups is 7. The fraction of sp³-hybridized carbons (Fsp3) is 1.00. The zero-order chi connectivity index (χ0) is 17.4. The molecule has 0 aromatic heterocycles. The third-order valence-corrected chi connectivity index (χ3v) is 4.12. The van der Waals surface area contributed by atoms with Crippen LogP contribution in [0.3, 0.4) is 0 Å². The van der Waals surface area contributed by atoms with E-state index in [1.54, 1.807) is 0 Å². The van der Waals surface area contributed by atoms with Crippen LogP contribution in [0.25, 0.3) is 0 Å². The van der Waals surface area contributed by atoms with Gasteiger partial charge in [-0.15, -0.1) is 0 Å². The van der Waals surface area contributed by atoms with Crippen molar-refractivity contribution in [1.29, 1.82) is 0 Å². The molecule has 0 spiro atoms. The number of aliphatic hydroxyl groups excluding tert-OH is 7. The van der Waals surface area contributed by atoms with E-state index in [9.17, 15) is 30.6 Å². The summed E-state index contributed by atoms with van der Waals surface area (Å²) >= 11 is 0. The van der Waals surface area contributed by atoms with Gasteiger partial charge in [-0.1, -0.05) is 0 Å². The predicted octanol–water partition coefficient (Wildman–Crippen LogP) is -5.43. The Balaban J connectivity index is 2.18. The summed E-state index contributed by atoms with van der Waals surface area (Å²) in [6, 6.07) is 0. The summed E-state index contributed by atoms with van der Waals surface area (Å²) in [7, 11) is 0. The Morgan fingerprint density at radius 3 is 2.04 bits per heavy atom. The molecule has 23 heavy (non-hydrogen) atoms. The first-order chi connectivity index (χ1) is 10.8. The minimum atomic E-state index is -2.14. The van der Waals surface area contributed by atoms with Gasteiger partial charge in [0.2, 0.25) is 5.79 Å². The molecule has 0 saturated carbocycles. The molecule has 9 N–H and O–H groups in total. The van der Waals surface area contributed by atoms with Gasteiger partial charge in [0.1, 0.15) is 49.3 Å². The van der Waals surface area contributed by atoms with Crippen LogP contribution < -0.4 is 5.73 Å². The number of hydrogen-bond donors (Lipinski definition) is 8. The standard InChI is InChI=1S/C12H23NO10/c13-1-4-7(17)10(20)12(3-15,22-4)23-11-9(19)8(18)6(16)5(2-14)21-11/h4-11,14-20H,1-3,13H2/t4-,5-,6-,7-,8+,9-,10+,11-,12-/m1/s1. The van der Waals surface area contributed by atoms with Crippen molar-refractivity contribution < 1.29 is 50.0 Å². The van der Waals surface area contributed by atoms with E-state index < -0.39 is 68.0 Å². The SMILES string of the molecule is NC[C@H]1O[C@](CO)(O[C@H]2O[C@H](CO)[C@@H](O)[C@H](O)[C@H]2O)[C@@H](O)[C@@H]1O. The summed E-state index contributed by atoms with van der Waals surface area (Å²) in [5, 5.41) is 67.8. The lowest BCUT2D eigenvalue weighted by molar-refractivity contribution is -0.382. The second kappa shape index (κ2) is 7.21. The Hall–Kier alpha value is -0.440. The van der Waals surface area contributed by atoms with E-state index in [1.807, 2.05) is 0 Å². The molecule has 0 amide bonds. The van der Waals surface area contributed by atoms with E-state index in [1.165, 1.54) is 0 Å². The molecule has 136 valence electrons. The van der Waals surface area contributed by atoms with Crippen molar-refractivity contribution in [2.75, 3.05) is 19.8 Å². The van der Waals surface area contributed by atoms with E-state index in [-0.39, 0.29) is 6.54 Å². The fourth-order valence-electron chi connectivity index (χ4n) is 2.67. The molecule has 11 nitrogen and oxygen atoms in total. The molecule has 0 aliphatic carbocycles. The van der Waals surface area contributed by atoms with Crippen molar-refractivity contribution in [3.63, 3.8) is 0 Å². The van der Waals surface area contributed by atoms with Crippen molar-refractivity contribution in [3.8, 4) is 0 Å². The molecule has 0 aromatic carbocycles.